The fourth-order valence-corrected chi connectivity index (χ4v) is 3.46. The zero-order valence-electron chi connectivity index (χ0n) is 16.1. The Kier molecular flexibility index (Phi) is 6.58. The molecule has 154 valence electrons. The highest BCUT2D eigenvalue weighted by Gasteiger charge is 2.30. The monoisotopic (exact) mass is 400 g/mol. The number of nitrogens with one attached hydrogen (secondary N) is 2. The number of rotatable bonds is 5. The summed E-state index contributed by atoms with van der Waals surface area (Å²) in [6.45, 7) is 0.345. The molecule has 0 spiro atoms. The number of hydrogen-bond acceptors (Lipinski definition) is 5. The number of hydrazine groups is 1. The third-order valence-corrected chi connectivity index (χ3v) is 5.05. The molecule has 9 nitrogen and oxygen atoms in total. The predicted octanol–water partition coefficient (Wildman–Crippen LogP) is 0.152. The fourth-order valence-electron chi connectivity index (χ4n) is 3.46. The van der Waals surface area contributed by atoms with Gasteiger partial charge >= 0.3 is 0 Å². The molecule has 0 saturated carbocycles. The lowest BCUT2D eigenvalue weighted by atomic mass is 9.98. The van der Waals surface area contributed by atoms with Gasteiger partial charge in [-0.2, -0.15) is 0 Å². The molecular weight excluding hydrogens is 376 g/mol. The molecular formula is C20H24N4O5. The van der Waals surface area contributed by atoms with Crippen molar-refractivity contribution in [3.05, 3.63) is 35.4 Å². The first-order chi connectivity index (χ1) is 14.0. The first kappa shape index (κ1) is 20.5. The summed E-state index contributed by atoms with van der Waals surface area (Å²) in [4.78, 5) is 63.1. The standard InChI is InChI=1S/C20H24N4O5/c25-16(21-22-17(26)13-23-10-5-1-2-8-18(23)27)9-11-24-19(28)12-14-6-3-4-7-15(14)20(24)29/h3-4,6-7H,1-2,5,8-13H2,(H,21,25)(H,22,26). The van der Waals surface area contributed by atoms with E-state index in [0.717, 1.165) is 24.2 Å². The second-order valence-electron chi connectivity index (χ2n) is 7.16. The van der Waals surface area contributed by atoms with Crippen molar-refractivity contribution in [3.8, 4) is 0 Å². The van der Waals surface area contributed by atoms with Gasteiger partial charge < -0.3 is 4.90 Å². The number of benzene rings is 1. The van der Waals surface area contributed by atoms with Gasteiger partial charge in [-0.3, -0.25) is 39.7 Å². The molecule has 5 amide bonds. The Hall–Kier alpha value is -3.23. The normalized spacial score (nSPS) is 16.9. The predicted molar refractivity (Wildman–Crippen MR) is 102 cm³/mol. The van der Waals surface area contributed by atoms with Crippen molar-refractivity contribution in [1.82, 2.24) is 20.7 Å². The van der Waals surface area contributed by atoms with Crippen molar-refractivity contribution in [3.63, 3.8) is 0 Å². The molecule has 2 aliphatic rings. The average molecular weight is 400 g/mol. The van der Waals surface area contributed by atoms with E-state index < -0.39 is 17.7 Å². The molecule has 1 saturated heterocycles. The van der Waals surface area contributed by atoms with Gasteiger partial charge in [-0.1, -0.05) is 24.6 Å². The summed E-state index contributed by atoms with van der Waals surface area (Å²) in [7, 11) is 0. The number of carbonyl (C=O) groups is 5. The van der Waals surface area contributed by atoms with Gasteiger partial charge in [0.05, 0.1) is 6.42 Å². The van der Waals surface area contributed by atoms with Crippen LogP contribution in [0.25, 0.3) is 0 Å². The van der Waals surface area contributed by atoms with E-state index in [4.69, 9.17) is 0 Å². The van der Waals surface area contributed by atoms with Crippen molar-refractivity contribution in [2.75, 3.05) is 19.6 Å². The van der Waals surface area contributed by atoms with Gasteiger partial charge in [-0.25, -0.2) is 0 Å². The molecule has 1 aromatic rings. The summed E-state index contributed by atoms with van der Waals surface area (Å²) in [6, 6.07) is 6.88. The van der Waals surface area contributed by atoms with E-state index in [1.54, 1.807) is 24.3 Å². The summed E-state index contributed by atoms with van der Waals surface area (Å²) in [6.07, 6.45) is 3.05. The van der Waals surface area contributed by atoms with Crippen LogP contribution in [0.2, 0.25) is 0 Å². The van der Waals surface area contributed by atoms with Crippen LogP contribution in [0.1, 0.15) is 48.0 Å². The molecule has 2 aliphatic heterocycles. The van der Waals surface area contributed by atoms with Crippen molar-refractivity contribution >= 4 is 29.5 Å². The average Bonchev–Trinajstić information content (AvgIpc) is 2.90. The highest BCUT2D eigenvalue weighted by Crippen LogP contribution is 2.19. The molecule has 0 unspecified atom stereocenters. The molecule has 0 radical (unpaired) electrons. The highest BCUT2D eigenvalue weighted by atomic mass is 16.2. The fraction of sp³-hybridized carbons (Fsp3) is 0.450. The zero-order chi connectivity index (χ0) is 20.8. The van der Waals surface area contributed by atoms with Crippen LogP contribution in [0, 0.1) is 0 Å². The molecule has 2 heterocycles. The van der Waals surface area contributed by atoms with Crippen LogP contribution in [-0.4, -0.2) is 59.0 Å². The maximum atomic E-state index is 12.5. The van der Waals surface area contributed by atoms with Gasteiger partial charge in [0, 0.05) is 31.5 Å². The van der Waals surface area contributed by atoms with Gasteiger partial charge in [0.2, 0.25) is 17.7 Å². The Balaban J connectivity index is 1.44. The van der Waals surface area contributed by atoms with Gasteiger partial charge in [0.15, 0.2) is 0 Å². The SMILES string of the molecule is O=C(CCN1C(=O)Cc2ccccc2C1=O)NNC(=O)CN1CCCCCC1=O. The van der Waals surface area contributed by atoms with Gasteiger partial charge in [0.1, 0.15) is 6.54 Å². The van der Waals surface area contributed by atoms with Crippen molar-refractivity contribution in [1.29, 1.82) is 0 Å². The quantitative estimate of drug-likeness (QED) is 0.539. The molecule has 2 N–H and O–H groups in total. The van der Waals surface area contributed by atoms with Crippen LogP contribution < -0.4 is 10.9 Å². The van der Waals surface area contributed by atoms with Crippen LogP contribution in [0.3, 0.4) is 0 Å². The third kappa shape index (κ3) is 5.18. The molecule has 0 aromatic heterocycles. The minimum absolute atomic E-state index is 0.0635. The first-order valence-electron chi connectivity index (χ1n) is 9.74. The van der Waals surface area contributed by atoms with Crippen LogP contribution >= 0.6 is 0 Å². The Morgan fingerprint density at radius 3 is 2.52 bits per heavy atom. The number of likely N-dealkylation sites (tertiary alicyclic amines) is 1. The summed E-state index contributed by atoms with van der Waals surface area (Å²) in [5.74, 6) is -1.86. The number of imide groups is 1. The topological polar surface area (TPSA) is 116 Å². The largest absolute Gasteiger partial charge is 0.333 e. The smallest absolute Gasteiger partial charge is 0.260 e. The minimum atomic E-state index is -0.528. The van der Waals surface area contributed by atoms with Crippen molar-refractivity contribution in [2.24, 2.45) is 0 Å². The Morgan fingerprint density at radius 1 is 0.931 bits per heavy atom. The van der Waals surface area contributed by atoms with Crippen molar-refractivity contribution in [2.45, 2.75) is 38.5 Å². The number of hydrogen-bond donors (Lipinski definition) is 2. The van der Waals surface area contributed by atoms with Crippen LogP contribution in [0.15, 0.2) is 24.3 Å². The Labute approximate surface area is 168 Å². The lowest BCUT2D eigenvalue weighted by Gasteiger charge is -2.26. The van der Waals surface area contributed by atoms with E-state index in [9.17, 15) is 24.0 Å². The summed E-state index contributed by atoms with van der Waals surface area (Å²) in [5, 5.41) is 0. The third-order valence-electron chi connectivity index (χ3n) is 5.05. The van der Waals surface area contributed by atoms with E-state index in [2.05, 4.69) is 10.9 Å². The van der Waals surface area contributed by atoms with E-state index in [1.165, 1.54) is 4.90 Å². The molecule has 0 bridgehead atoms. The maximum Gasteiger partial charge on any atom is 0.260 e. The van der Waals surface area contributed by atoms with Crippen LogP contribution in [-0.2, 0) is 25.6 Å². The van der Waals surface area contributed by atoms with E-state index >= 15 is 0 Å². The van der Waals surface area contributed by atoms with Gasteiger partial charge in [0.25, 0.3) is 11.8 Å². The summed E-state index contributed by atoms with van der Waals surface area (Å²) >= 11 is 0. The van der Waals surface area contributed by atoms with E-state index in [1.807, 2.05) is 0 Å². The molecule has 1 fully saturated rings. The molecule has 29 heavy (non-hydrogen) atoms. The summed E-state index contributed by atoms with van der Waals surface area (Å²) < 4.78 is 0. The van der Waals surface area contributed by atoms with Crippen molar-refractivity contribution < 1.29 is 24.0 Å². The highest BCUT2D eigenvalue weighted by molar-refractivity contribution is 6.09. The lowest BCUT2D eigenvalue weighted by molar-refractivity contribution is -0.136. The van der Waals surface area contributed by atoms with Crippen LogP contribution in [0.5, 0.6) is 0 Å². The molecule has 1 aromatic carbocycles. The minimum Gasteiger partial charge on any atom is -0.333 e. The molecule has 0 aliphatic carbocycles. The molecule has 9 heteroatoms. The second kappa shape index (κ2) is 9.31. The number of amides is 5. The zero-order valence-corrected chi connectivity index (χ0v) is 16.1. The molecule has 3 rings (SSSR count). The Bertz CT molecular complexity index is 838. The van der Waals surface area contributed by atoms with Gasteiger partial charge in [-0.05, 0) is 24.5 Å². The van der Waals surface area contributed by atoms with E-state index in [0.29, 0.717) is 24.1 Å². The number of fused-ring (bicyclic) bond motifs is 1. The van der Waals surface area contributed by atoms with E-state index in [-0.39, 0.29) is 37.7 Å². The lowest BCUT2D eigenvalue weighted by Crippen LogP contribution is -2.49. The van der Waals surface area contributed by atoms with Gasteiger partial charge in [-0.15, -0.1) is 0 Å². The maximum absolute atomic E-state index is 12.5. The number of carbonyl (C=O) groups excluding carboxylic acids is 5. The first-order valence-corrected chi connectivity index (χ1v) is 9.74. The summed E-state index contributed by atoms with van der Waals surface area (Å²) in [5.41, 5.74) is 5.68. The number of nitrogens with zero attached hydrogens (tertiary/aromatic N) is 2. The molecule has 0 atom stereocenters. The van der Waals surface area contributed by atoms with Crippen LogP contribution in [0.4, 0.5) is 0 Å². The Morgan fingerprint density at radius 2 is 1.69 bits per heavy atom. The second-order valence-corrected chi connectivity index (χ2v) is 7.16.